The second-order valence-electron chi connectivity index (χ2n) is 5.47. The van der Waals surface area contributed by atoms with E-state index in [4.69, 9.17) is 0 Å². The lowest BCUT2D eigenvalue weighted by molar-refractivity contribution is -0.123. The molecular formula is C13H25N3O2. The molecule has 0 radical (unpaired) electrons. The van der Waals surface area contributed by atoms with Gasteiger partial charge in [0.25, 0.3) is 0 Å². The second-order valence-corrected chi connectivity index (χ2v) is 5.47. The van der Waals surface area contributed by atoms with E-state index in [0.29, 0.717) is 31.5 Å². The number of likely N-dealkylation sites (tertiary alicyclic amines) is 1. The van der Waals surface area contributed by atoms with Crippen molar-refractivity contribution in [1.29, 1.82) is 0 Å². The lowest BCUT2D eigenvalue weighted by Gasteiger charge is -2.34. The molecular weight excluding hydrogens is 230 g/mol. The minimum Gasteiger partial charge on any atom is -0.355 e. The van der Waals surface area contributed by atoms with Gasteiger partial charge in [-0.3, -0.25) is 14.5 Å². The summed E-state index contributed by atoms with van der Waals surface area (Å²) < 4.78 is 0. The highest BCUT2D eigenvalue weighted by molar-refractivity contribution is 5.78. The fraction of sp³-hybridized carbons (Fsp3) is 0.846. The van der Waals surface area contributed by atoms with Crippen LogP contribution in [0.2, 0.25) is 0 Å². The first-order chi connectivity index (χ1) is 8.47. The predicted octanol–water partition coefficient (Wildman–Crippen LogP) is 0.217. The average molecular weight is 255 g/mol. The maximum Gasteiger partial charge on any atom is 0.234 e. The molecule has 0 aromatic rings. The molecule has 2 N–H and O–H groups in total. The highest BCUT2D eigenvalue weighted by Crippen LogP contribution is 2.20. The van der Waals surface area contributed by atoms with Crippen molar-refractivity contribution in [1.82, 2.24) is 15.5 Å². The monoisotopic (exact) mass is 255 g/mol. The molecule has 1 rings (SSSR count). The van der Waals surface area contributed by atoms with Gasteiger partial charge in [-0.15, -0.1) is 0 Å². The molecule has 5 nitrogen and oxygen atoms in total. The summed E-state index contributed by atoms with van der Waals surface area (Å²) in [6.07, 6.45) is 1.25. The second kappa shape index (κ2) is 7.36. The van der Waals surface area contributed by atoms with E-state index in [1.807, 2.05) is 0 Å². The number of amides is 2. The standard InChI is InChI=1S/C13H25N3O2/c1-10-6-11(2)8-16(7-10)9-13(18)15-5-4-14-12(3)17/h10-11H,4-9H2,1-3H3,(H,14,17)(H,15,18). The van der Waals surface area contributed by atoms with Crippen LogP contribution >= 0.6 is 0 Å². The molecule has 0 spiro atoms. The molecule has 2 atom stereocenters. The van der Waals surface area contributed by atoms with Gasteiger partial charge in [0.15, 0.2) is 0 Å². The molecule has 5 heteroatoms. The summed E-state index contributed by atoms with van der Waals surface area (Å²) in [6, 6.07) is 0. The van der Waals surface area contributed by atoms with Gasteiger partial charge in [0.2, 0.25) is 11.8 Å². The van der Waals surface area contributed by atoms with Gasteiger partial charge in [-0.1, -0.05) is 13.8 Å². The Hall–Kier alpha value is -1.10. The van der Waals surface area contributed by atoms with Crippen LogP contribution in [0, 0.1) is 11.8 Å². The number of rotatable bonds is 5. The Morgan fingerprint density at radius 1 is 1.11 bits per heavy atom. The molecule has 1 heterocycles. The quantitative estimate of drug-likeness (QED) is 0.691. The van der Waals surface area contributed by atoms with Crippen LogP contribution in [0.5, 0.6) is 0 Å². The molecule has 0 saturated carbocycles. The van der Waals surface area contributed by atoms with Gasteiger partial charge in [0, 0.05) is 33.1 Å². The fourth-order valence-corrected chi connectivity index (χ4v) is 2.62. The van der Waals surface area contributed by atoms with E-state index in [0.717, 1.165) is 13.1 Å². The summed E-state index contributed by atoms with van der Waals surface area (Å²) in [5.41, 5.74) is 0. The normalized spacial score (nSPS) is 24.6. The van der Waals surface area contributed by atoms with Gasteiger partial charge in [0.05, 0.1) is 6.54 Å². The summed E-state index contributed by atoms with van der Waals surface area (Å²) in [7, 11) is 0. The third kappa shape index (κ3) is 6.00. The molecule has 1 aliphatic heterocycles. The molecule has 0 aromatic carbocycles. The number of carbonyl (C=O) groups is 2. The van der Waals surface area contributed by atoms with E-state index in [9.17, 15) is 9.59 Å². The molecule has 1 fully saturated rings. The van der Waals surface area contributed by atoms with Gasteiger partial charge in [-0.25, -0.2) is 0 Å². The molecule has 0 aliphatic carbocycles. The Bertz CT molecular complexity index is 284. The van der Waals surface area contributed by atoms with Crippen LogP contribution in [-0.2, 0) is 9.59 Å². The molecule has 1 saturated heterocycles. The molecule has 18 heavy (non-hydrogen) atoms. The Morgan fingerprint density at radius 3 is 2.22 bits per heavy atom. The predicted molar refractivity (Wildman–Crippen MR) is 71.1 cm³/mol. The van der Waals surface area contributed by atoms with Crippen LogP contribution in [0.4, 0.5) is 0 Å². The lowest BCUT2D eigenvalue weighted by Crippen LogP contribution is -2.45. The first-order valence-corrected chi connectivity index (χ1v) is 6.71. The zero-order valence-corrected chi connectivity index (χ0v) is 11.7. The van der Waals surface area contributed by atoms with Gasteiger partial charge in [0.1, 0.15) is 0 Å². The van der Waals surface area contributed by atoms with Crippen molar-refractivity contribution in [2.45, 2.75) is 27.2 Å². The first-order valence-electron chi connectivity index (χ1n) is 6.71. The van der Waals surface area contributed by atoms with Crippen molar-refractivity contribution in [2.75, 3.05) is 32.7 Å². The van der Waals surface area contributed by atoms with E-state index in [1.165, 1.54) is 13.3 Å². The Balaban J connectivity index is 2.17. The van der Waals surface area contributed by atoms with Gasteiger partial charge in [-0.2, -0.15) is 0 Å². The topological polar surface area (TPSA) is 61.4 Å². The van der Waals surface area contributed by atoms with Crippen molar-refractivity contribution in [2.24, 2.45) is 11.8 Å². The number of piperidine rings is 1. The van der Waals surface area contributed by atoms with E-state index in [1.54, 1.807) is 0 Å². The Morgan fingerprint density at radius 2 is 1.67 bits per heavy atom. The van der Waals surface area contributed by atoms with Crippen molar-refractivity contribution in [3.63, 3.8) is 0 Å². The summed E-state index contributed by atoms with van der Waals surface area (Å²) in [4.78, 5) is 24.6. The summed E-state index contributed by atoms with van der Waals surface area (Å²) >= 11 is 0. The smallest absolute Gasteiger partial charge is 0.234 e. The highest BCUT2D eigenvalue weighted by Gasteiger charge is 2.22. The van der Waals surface area contributed by atoms with Crippen LogP contribution in [0.1, 0.15) is 27.2 Å². The zero-order chi connectivity index (χ0) is 13.5. The van der Waals surface area contributed by atoms with E-state index in [2.05, 4.69) is 29.4 Å². The number of hydrogen-bond acceptors (Lipinski definition) is 3. The number of hydrogen-bond donors (Lipinski definition) is 2. The number of carbonyl (C=O) groups excluding carboxylic acids is 2. The third-order valence-corrected chi connectivity index (χ3v) is 3.13. The average Bonchev–Trinajstić information content (AvgIpc) is 2.22. The van der Waals surface area contributed by atoms with Gasteiger partial charge >= 0.3 is 0 Å². The van der Waals surface area contributed by atoms with Crippen LogP contribution in [0.15, 0.2) is 0 Å². The Labute approximate surface area is 109 Å². The van der Waals surface area contributed by atoms with Crippen LogP contribution < -0.4 is 10.6 Å². The highest BCUT2D eigenvalue weighted by atomic mass is 16.2. The fourth-order valence-electron chi connectivity index (χ4n) is 2.62. The molecule has 0 bridgehead atoms. The van der Waals surface area contributed by atoms with E-state index >= 15 is 0 Å². The van der Waals surface area contributed by atoms with E-state index < -0.39 is 0 Å². The zero-order valence-electron chi connectivity index (χ0n) is 11.7. The Kier molecular flexibility index (Phi) is 6.12. The van der Waals surface area contributed by atoms with Gasteiger partial charge < -0.3 is 10.6 Å². The van der Waals surface area contributed by atoms with Crippen molar-refractivity contribution in [3.8, 4) is 0 Å². The number of nitrogens with zero attached hydrogens (tertiary/aromatic N) is 1. The summed E-state index contributed by atoms with van der Waals surface area (Å²) in [6.45, 7) is 9.40. The van der Waals surface area contributed by atoms with Crippen molar-refractivity contribution >= 4 is 11.8 Å². The third-order valence-electron chi connectivity index (χ3n) is 3.13. The molecule has 0 aromatic heterocycles. The van der Waals surface area contributed by atoms with E-state index in [-0.39, 0.29) is 11.8 Å². The molecule has 2 amide bonds. The van der Waals surface area contributed by atoms with Crippen LogP contribution in [0.25, 0.3) is 0 Å². The molecule has 104 valence electrons. The maximum atomic E-state index is 11.7. The summed E-state index contributed by atoms with van der Waals surface area (Å²) in [5, 5.41) is 5.47. The minimum atomic E-state index is -0.0667. The molecule has 2 unspecified atom stereocenters. The number of nitrogens with one attached hydrogen (secondary N) is 2. The minimum absolute atomic E-state index is 0.0432. The first kappa shape index (κ1) is 15.0. The lowest BCUT2D eigenvalue weighted by atomic mass is 9.92. The molecule has 1 aliphatic rings. The largest absolute Gasteiger partial charge is 0.355 e. The summed E-state index contributed by atoms with van der Waals surface area (Å²) in [5.74, 6) is 1.31. The van der Waals surface area contributed by atoms with Gasteiger partial charge in [-0.05, 0) is 18.3 Å². The van der Waals surface area contributed by atoms with Crippen molar-refractivity contribution in [3.05, 3.63) is 0 Å². The van der Waals surface area contributed by atoms with Crippen molar-refractivity contribution < 1.29 is 9.59 Å². The van der Waals surface area contributed by atoms with Crippen LogP contribution in [0.3, 0.4) is 0 Å². The van der Waals surface area contributed by atoms with Crippen LogP contribution in [-0.4, -0.2) is 49.4 Å². The maximum absolute atomic E-state index is 11.7. The SMILES string of the molecule is CC(=O)NCCNC(=O)CN1CC(C)CC(C)C1.